The monoisotopic (exact) mass is 573 g/mol. The molecule has 7 aromatic rings. The number of nitrogens with zero attached hydrogens (tertiary/aromatic N) is 3. The van der Waals surface area contributed by atoms with Gasteiger partial charge in [-0.25, -0.2) is 15.0 Å². The molecule has 38 heavy (non-hydrogen) atoms. The molecule has 0 radical (unpaired) electrons. The maximum atomic E-state index is 9.41. The minimum Gasteiger partial charge on any atom is -0.454 e. The van der Waals surface area contributed by atoms with Gasteiger partial charge in [-0.15, -0.1) is 0 Å². The Morgan fingerprint density at radius 2 is 1.00 bits per heavy atom. The normalized spacial score (nSPS) is 18.7. The van der Waals surface area contributed by atoms with Crippen molar-refractivity contribution in [3.63, 3.8) is 0 Å². The molecule has 0 aliphatic carbocycles. The van der Waals surface area contributed by atoms with E-state index in [1.807, 2.05) is 0 Å². The summed E-state index contributed by atoms with van der Waals surface area (Å²) in [7, 11) is 0. The Hall–Kier alpha value is -4.61. The van der Waals surface area contributed by atoms with Crippen molar-refractivity contribution in [1.82, 2.24) is 15.0 Å². The second-order valence-corrected chi connectivity index (χ2v) is 8.30. The van der Waals surface area contributed by atoms with E-state index in [4.69, 9.17) is 30.5 Å². The first-order chi connectivity index (χ1) is 27.1. The predicted octanol–water partition coefficient (Wildman–Crippen LogP) is 9.20. The summed E-state index contributed by atoms with van der Waals surface area (Å²) in [6.45, 7) is 0. The van der Waals surface area contributed by atoms with Crippen molar-refractivity contribution < 1.29 is 31.8 Å². The molecule has 2 aromatic heterocycles. The van der Waals surface area contributed by atoms with Crippen molar-refractivity contribution in [3.8, 4) is 45.3 Å². The van der Waals surface area contributed by atoms with E-state index in [1.54, 1.807) is 0 Å². The fourth-order valence-electron chi connectivity index (χ4n) is 3.61. The lowest BCUT2D eigenvalue weighted by Gasteiger charge is -2.10. The third kappa shape index (κ3) is 3.98. The van der Waals surface area contributed by atoms with Gasteiger partial charge in [0.2, 0.25) is 0 Å². The molecule has 0 N–H and O–H groups in total. The van der Waals surface area contributed by atoms with E-state index in [-0.39, 0.29) is 20.8 Å². The molecule has 0 saturated heterocycles. The van der Waals surface area contributed by atoms with Crippen LogP contribution in [0.3, 0.4) is 0 Å². The van der Waals surface area contributed by atoms with Gasteiger partial charge in [0.15, 0.2) is 17.5 Å². The lowest BCUT2D eigenvalue weighted by molar-refractivity contribution is 0.668. The van der Waals surface area contributed by atoms with Gasteiger partial charge in [0.05, 0.1) is 31.9 Å². The second kappa shape index (κ2) is 9.36. The Morgan fingerprint density at radius 3 is 1.66 bits per heavy atom. The third-order valence-electron chi connectivity index (χ3n) is 5.25. The minimum atomic E-state index is -0.912. The number of benzene rings is 5. The third-order valence-corrected chi connectivity index (χ3v) is 5.81. The largest absolute Gasteiger partial charge is 0.454 e. The maximum Gasteiger partial charge on any atom is 0.164 e. The number of fused-ring (bicyclic) bond motifs is 3. The summed E-state index contributed by atoms with van der Waals surface area (Å²) in [5.41, 5.74) is -3.86. The Morgan fingerprint density at radius 1 is 0.500 bits per heavy atom. The number of hydrogen-bond donors (Lipinski definition) is 0. The van der Waals surface area contributed by atoms with E-state index >= 15 is 0 Å². The quantitative estimate of drug-likeness (QED) is 0.210. The summed E-state index contributed by atoms with van der Waals surface area (Å²) in [6, 6.07) is -15.5. The van der Waals surface area contributed by atoms with E-state index in [0.29, 0.717) is 0 Å². The molecular formula is C33H20BrN3O. The fourth-order valence-corrected chi connectivity index (χ4v) is 3.99. The Kier molecular flexibility index (Phi) is 2.45. The molecule has 7 rings (SSSR count). The SMILES string of the molecule is [2H]c1c([2H])c([2H])c(-c2nc(-c3c([2H])c([2H])c([2H])c([2H])c3[2H])nc(-c3c([2H])c([2H])c([2H])c(-c4c([2H])c([2H])c([2H])c5c4oc4c(Br)c([2H])c([2H])c([2H])c45)c3[2H])n2)c([2H])c1[2H]. The summed E-state index contributed by atoms with van der Waals surface area (Å²) >= 11 is 3.16. The molecule has 2 heterocycles. The van der Waals surface area contributed by atoms with Crippen LogP contribution in [0.5, 0.6) is 0 Å². The van der Waals surface area contributed by atoms with Crippen LogP contribution in [0.4, 0.5) is 0 Å². The topological polar surface area (TPSA) is 51.8 Å². The van der Waals surface area contributed by atoms with Crippen molar-refractivity contribution in [2.45, 2.75) is 0 Å². The van der Waals surface area contributed by atoms with Gasteiger partial charge in [0.25, 0.3) is 0 Å². The highest BCUT2D eigenvalue weighted by Crippen LogP contribution is 2.39. The van der Waals surface area contributed by atoms with Crippen LogP contribution in [0, 0.1) is 0 Å². The van der Waals surface area contributed by atoms with Gasteiger partial charge in [-0.2, -0.15) is 0 Å². The fraction of sp³-hybridized carbons (Fsp3) is 0. The van der Waals surface area contributed by atoms with Crippen molar-refractivity contribution >= 4 is 37.9 Å². The molecule has 4 nitrogen and oxygen atoms in total. The molecule has 0 atom stereocenters. The van der Waals surface area contributed by atoms with E-state index in [9.17, 15) is 1.37 Å². The number of hydrogen-bond acceptors (Lipinski definition) is 4. The predicted molar refractivity (Wildman–Crippen MR) is 157 cm³/mol. The summed E-state index contributed by atoms with van der Waals surface area (Å²) in [6.07, 6.45) is 0. The molecule has 0 unspecified atom stereocenters. The number of furan rings is 1. The van der Waals surface area contributed by atoms with Gasteiger partial charge in [0, 0.05) is 33.0 Å². The van der Waals surface area contributed by atoms with Crippen LogP contribution in [0.15, 0.2) is 130 Å². The molecule has 0 fully saturated rings. The van der Waals surface area contributed by atoms with Crippen LogP contribution in [0.2, 0.25) is 0 Å². The maximum absolute atomic E-state index is 9.41. The summed E-state index contributed by atoms with van der Waals surface area (Å²) in [5, 5.41) is -0.493. The Balaban J connectivity index is 1.66. The highest BCUT2D eigenvalue weighted by atomic mass is 79.9. The molecule has 0 aliphatic heterocycles. The number of halogens is 1. The molecule has 0 aliphatic rings. The first kappa shape index (κ1) is 9.93. The van der Waals surface area contributed by atoms with Gasteiger partial charge >= 0.3 is 0 Å². The molecule has 0 saturated carbocycles. The van der Waals surface area contributed by atoms with Crippen LogP contribution in [0.25, 0.3) is 67.2 Å². The van der Waals surface area contributed by atoms with E-state index in [2.05, 4.69) is 30.9 Å². The molecule has 0 amide bonds. The number of aromatic nitrogens is 3. The van der Waals surface area contributed by atoms with Crippen molar-refractivity contribution in [1.29, 1.82) is 0 Å². The standard InChI is InChI=1S/C33H20BrN3O/c34-28-19-9-18-27-26-17-8-16-25(29(26)38-30(27)28)23-14-7-15-24(20-23)33-36-31(21-10-3-1-4-11-21)35-32(37-33)22-12-5-2-6-13-22/h1-20H/i1D,2D,3D,4D,5D,6D,7D,8D,9D,10D,11D,12D,13D,14D,15D,16D,17D,18D,19D,20D. The zero-order chi connectivity index (χ0) is 42.9. The Bertz CT molecular complexity index is 2900. The molecule has 0 spiro atoms. The molecular weight excluding hydrogens is 534 g/mol. The van der Waals surface area contributed by atoms with E-state index in [0.717, 1.165) is 0 Å². The average molecular weight is 575 g/mol. The molecule has 0 bridgehead atoms. The van der Waals surface area contributed by atoms with Gasteiger partial charge in [-0.1, -0.05) is 109 Å². The lowest BCUT2D eigenvalue weighted by atomic mass is 10.00. The van der Waals surface area contributed by atoms with Crippen LogP contribution >= 0.6 is 15.9 Å². The second-order valence-electron chi connectivity index (χ2n) is 7.51. The van der Waals surface area contributed by atoms with Crippen LogP contribution in [0.1, 0.15) is 27.4 Å². The van der Waals surface area contributed by atoms with Crippen LogP contribution < -0.4 is 0 Å². The van der Waals surface area contributed by atoms with Crippen LogP contribution in [-0.4, -0.2) is 15.0 Å². The van der Waals surface area contributed by atoms with Crippen molar-refractivity contribution in [3.05, 3.63) is 125 Å². The van der Waals surface area contributed by atoms with E-state index < -0.39 is 172 Å². The highest BCUT2D eigenvalue weighted by molar-refractivity contribution is 9.10. The average Bonchev–Trinajstić information content (AvgIpc) is 3.59. The minimum absolute atomic E-state index is 0.116. The van der Waals surface area contributed by atoms with Gasteiger partial charge in [-0.3, -0.25) is 0 Å². The molecule has 5 aromatic carbocycles. The summed E-state index contributed by atoms with van der Waals surface area (Å²) in [4.78, 5) is 12.6. The van der Waals surface area contributed by atoms with Crippen molar-refractivity contribution in [2.75, 3.05) is 0 Å². The smallest absolute Gasteiger partial charge is 0.164 e. The van der Waals surface area contributed by atoms with Gasteiger partial charge in [-0.05, 0) is 33.6 Å². The zero-order valence-electron chi connectivity index (χ0n) is 38.6. The first-order valence-electron chi connectivity index (χ1n) is 20.7. The number of para-hydroxylation sites is 2. The lowest BCUT2D eigenvalue weighted by Crippen LogP contribution is -2.00. The van der Waals surface area contributed by atoms with Gasteiger partial charge < -0.3 is 4.42 Å². The Labute approximate surface area is 255 Å². The first-order valence-corrected chi connectivity index (χ1v) is 11.5. The van der Waals surface area contributed by atoms with Gasteiger partial charge in [0.1, 0.15) is 11.2 Å². The molecule has 5 heteroatoms. The summed E-state index contributed by atoms with van der Waals surface area (Å²) < 4.78 is 177. The van der Waals surface area contributed by atoms with E-state index in [1.165, 1.54) is 0 Å². The highest BCUT2D eigenvalue weighted by Gasteiger charge is 2.16. The van der Waals surface area contributed by atoms with Crippen LogP contribution in [-0.2, 0) is 0 Å². The summed E-state index contributed by atoms with van der Waals surface area (Å²) in [5.74, 6) is -2.24. The van der Waals surface area contributed by atoms with Crippen molar-refractivity contribution in [2.24, 2.45) is 0 Å². The zero-order valence-corrected chi connectivity index (χ0v) is 20.2. The number of rotatable bonds is 4. The molecule has 180 valence electrons.